The van der Waals surface area contributed by atoms with Crippen molar-refractivity contribution in [1.29, 1.82) is 0 Å². The maximum Gasteiger partial charge on any atom is 0.119 e. The molecule has 0 aliphatic heterocycles. The highest BCUT2D eigenvalue weighted by molar-refractivity contribution is 5.71. The first-order chi connectivity index (χ1) is 13.4. The smallest absolute Gasteiger partial charge is 0.119 e. The molecule has 0 heterocycles. The molecule has 0 unspecified atom stereocenters. The van der Waals surface area contributed by atoms with Crippen molar-refractivity contribution in [3.8, 4) is 33.8 Å². The minimum Gasteiger partial charge on any atom is -0.508 e. The lowest BCUT2D eigenvalue weighted by atomic mass is 9.78. The van der Waals surface area contributed by atoms with Crippen molar-refractivity contribution in [3.05, 3.63) is 72.3 Å². The fourth-order valence-corrected chi connectivity index (χ4v) is 3.72. The summed E-state index contributed by atoms with van der Waals surface area (Å²) in [5, 5.41) is 19.9. The van der Waals surface area contributed by atoms with Crippen LogP contribution in [0.5, 0.6) is 11.5 Å². The number of benzene rings is 3. The Kier molecular flexibility index (Phi) is 6.08. The van der Waals surface area contributed by atoms with Crippen LogP contribution in [0, 0.1) is 0 Å². The average molecular weight is 375 g/mol. The van der Waals surface area contributed by atoms with Gasteiger partial charge in [-0.1, -0.05) is 82.5 Å². The van der Waals surface area contributed by atoms with Crippen LogP contribution in [0.3, 0.4) is 0 Å². The molecule has 146 valence electrons. The molecule has 0 saturated heterocycles. The molecule has 0 aliphatic carbocycles. The van der Waals surface area contributed by atoms with Crippen molar-refractivity contribution in [1.82, 2.24) is 0 Å². The largest absolute Gasteiger partial charge is 0.508 e. The molecule has 0 fully saturated rings. The lowest BCUT2D eigenvalue weighted by Gasteiger charge is -2.27. The zero-order valence-electron chi connectivity index (χ0n) is 17.1. The van der Waals surface area contributed by atoms with Crippen LogP contribution < -0.4 is 0 Å². The van der Waals surface area contributed by atoms with E-state index in [9.17, 15) is 10.2 Å². The molecule has 2 nitrogen and oxygen atoms in total. The van der Waals surface area contributed by atoms with Gasteiger partial charge in [0, 0.05) is 5.56 Å². The summed E-state index contributed by atoms with van der Waals surface area (Å²) >= 11 is 0. The number of hydrogen-bond acceptors (Lipinski definition) is 2. The molecule has 3 aromatic rings. The van der Waals surface area contributed by atoms with Crippen molar-refractivity contribution in [2.24, 2.45) is 0 Å². The van der Waals surface area contributed by atoms with E-state index in [1.54, 1.807) is 12.1 Å². The van der Waals surface area contributed by atoms with Crippen LogP contribution in [0.2, 0.25) is 0 Å². The summed E-state index contributed by atoms with van der Waals surface area (Å²) in [7, 11) is 0. The lowest BCUT2D eigenvalue weighted by Crippen LogP contribution is -2.17. The van der Waals surface area contributed by atoms with Crippen LogP contribution in [0.1, 0.15) is 52.0 Å². The first kappa shape index (κ1) is 20.0. The standard InChI is InChI=1S/C26H30O2/c1-4-5-6-17-26(2,3)24-18-22(13-16-25(24)28)21-9-7-19(8-10-21)20-11-14-23(27)15-12-20/h7-16,18,27-28H,4-6,17H2,1-3H3. The molecule has 28 heavy (non-hydrogen) atoms. The van der Waals surface area contributed by atoms with E-state index in [0.717, 1.165) is 34.2 Å². The highest BCUT2D eigenvalue weighted by Crippen LogP contribution is 2.38. The molecule has 0 aliphatic rings. The van der Waals surface area contributed by atoms with Gasteiger partial charge in [0.2, 0.25) is 0 Å². The second-order valence-corrected chi connectivity index (χ2v) is 8.20. The third-order valence-corrected chi connectivity index (χ3v) is 5.55. The number of unbranched alkanes of at least 4 members (excludes halogenated alkanes) is 2. The van der Waals surface area contributed by atoms with Crippen LogP contribution in [0.15, 0.2) is 66.7 Å². The highest BCUT2D eigenvalue weighted by atomic mass is 16.3. The van der Waals surface area contributed by atoms with E-state index < -0.39 is 0 Å². The number of rotatable bonds is 7. The van der Waals surface area contributed by atoms with Gasteiger partial charge in [0.1, 0.15) is 11.5 Å². The summed E-state index contributed by atoms with van der Waals surface area (Å²) < 4.78 is 0. The van der Waals surface area contributed by atoms with E-state index in [1.165, 1.54) is 19.3 Å². The summed E-state index contributed by atoms with van der Waals surface area (Å²) in [5.41, 5.74) is 5.40. The number of phenols is 2. The second kappa shape index (κ2) is 8.52. The van der Waals surface area contributed by atoms with Crippen molar-refractivity contribution >= 4 is 0 Å². The molecule has 2 N–H and O–H groups in total. The molecule has 2 heteroatoms. The maximum atomic E-state index is 10.5. The molecule has 3 rings (SSSR count). The Hall–Kier alpha value is -2.74. The minimum atomic E-state index is -0.0543. The van der Waals surface area contributed by atoms with E-state index in [-0.39, 0.29) is 11.2 Å². The monoisotopic (exact) mass is 374 g/mol. The molecule has 3 aromatic carbocycles. The van der Waals surface area contributed by atoms with Crippen molar-refractivity contribution in [2.75, 3.05) is 0 Å². The molecule has 0 bridgehead atoms. The maximum absolute atomic E-state index is 10.5. The summed E-state index contributed by atoms with van der Waals surface area (Å²) in [6, 6.07) is 21.6. The normalized spacial score (nSPS) is 11.5. The number of hydrogen-bond donors (Lipinski definition) is 2. The fraction of sp³-hybridized carbons (Fsp3) is 0.308. The van der Waals surface area contributed by atoms with Gasteiger partial charge in [-0.2, -0.15) is 0 Å². The average Bonchev–Trinajstić information content (AvgIpc) is 2.69. The van der Waals surface area contributed by atoms with Gasteiger partial charge in [-0.25, -0.2) is 0 Å². The topological polar surface area (TPSA) is 40.5 Å². The van der Waals surface area contributed by atoms with Gasteiger partial charge in [0.05, 0.1) is 0 Å². The predicted molar refractivity (Wildman–Crippen MR) is 118 cm³/mol. The Morgan fingerprint density at radius 3 is 1.75 bits per heavy atom. The first-order valence-corrected chi connectivity index (χ1v) is 10.1. The van der Waals surface area contributed by atoms with Gasteiger partial charge in [-0.3, -0.25) is 0 Å². The molecule has 0 aromatic heterocycles. The zero-order valence-corrected chi connectivity index (χ0v) is 17.1. The minimum absolute atomic E-state index is 0.0543. The quantitative estimate of drug-likeness (QED) is 0.426. The third-order valence-electron chi connectivity index (χ3n) is 5.55. The Bertz CT molecular complexity index is 906. The lowest BCUT2D eigenvalue weighted by molar-refractivity contribution is 0.408. The van der Waals surface area contributed by atoms with Crippen LogP contribution in [-0.4, -0.2) is 10.2 Å². The fourth-order valence-electron chi connectivity index (χ4n) is 3.72. The van der Waals surface area contributed by atoms with Crippen molar-refractivity contribution in [2.45, 2.75) is 51.9 Å². The summed E-state index contributed by atoms with van der Waals surface area (Å²) in [6.07, 6.45) is 4.67. The van der Waals surface area contributed by atoms with Gasteiger partial charge in [-0.05, 0) is 58.4 Å². The number of phenolic OH excluding ortho intramolecular Hbond substituents is 2. The van der Waals surface area contributed by atoms with E-state index >= 15 is 0 Å². The summed E-state index contributed by atoms with van der Waals surface area (Å²) in [6.45, 7) is 6.65. The second-order valence-electron chi connectivity index (χ2n) is 8.20. The summed E-state index contributed by atoms with van der Waals surface area (Å²) in [4.78, 5) is 0. The Morgan fingerprint density at radius 1 is 0.679 bits per heavy atom. The van der Waals surface area contributed by atoms with Crippen LogP contribution in [-0.2, 0) is 5.41 Å². The van der Waals surface area contributed by atoms with Gasteiger partial charge >= 0.3 is 0 Å². The van der Waals surface area contributed by atoms with Gasteiger partial charge in [0.15, 0.2) is 0 Å². The Balaban J connectivity index is 1.86. The van der Waals surface area contributed by atoms with Crippen molar-refractivity contribution < 1.29 is 10.2 Å². The highest BCUT2D eigenvalue weighted by Gasteiger charge is 2.24. The Morgan fingerprint density at radius 2 is 1.18 bits per heavy atom. The van der Waals surface area contributed by atoms with E-state index in [2.05, 4.69) is 51.1 Å². The van der Waals surface area contributed by atoms with Gasteiger partial charge in [-0.15, -0.1) is 0 Å². The predicted octanol–water partition coefficient (Wildman–Crippen LogP) is 7.29. The molecule has 0 radical (unpaired) electrons. The van der Waals surface area contributed by atoms with E-state index in [4.69, 9.17) is 0 Å². The van der Waals surface area contributed by atoms with Crippen molar-refractivity contribution in [3.63, 3.8) is 0 Å². The summed E-state index contributed by atoms with van der Waals surface area (Å²) in [5.74, 6) is 0.657. The molecule has 0 spiro atoms. The van der Waals surface area contributed by atoms with E-state index in [1.807, 2.05) is 24.3 Å². The third kappa shape index (κ3) is 4.56. The van der Waals surface area contributed by atoms with E-state index in [0.29, 0.717) is 5.75 Å². The van der Waals surface area contributed by atoms with Crippen LogP contribution in [0.4, 0.5) is 0 Å². The van der Waals surface area contributed by atoms with Crippen LogP contribution >= 0.6 is 0 Å². The molecule has 0 atom stereocenters. The Labute approximate surface area is 168 Å². The van der Waals surface area contributed by atoms with Crippen LogP contribution in [0.25, 0.3) is 22.3 Å². The molecular weight excluding hydrogens is 344 g/mol. The SMILES string of the molecule is CCCCCC(C)(C)c1cc(-c2ccc(-c3ccc(O)cc3)cc2)ccc1O. The van der Waals surface area contributed by atoms with Gasteiger partial charge < -0.3 is 10.2 Å². The first-order valence-electron chi connectivity index (χ1n) is 10.1. The molecular formula is C26H30O2. The van der Waals surface area contributed by atoms with Gasteiger partial charge in [0.25, 0.3) is 0 Å². The molecule has 0 amide bonds. The molecule has 0 saturated carbocycles. The zero-order chi connectivity index (χ0) is 20.1. The number of aromatic hydroxyl groups is 2.